The highest BCUT2D eigenvalue weighted by Gasteiger charge is 2.27. The van der Waals surface area contributed by atoms with Crippen LogP contribution in [0.3, 0.4) is 0 Å². The van der Waals surface area contributed by atoms with Gasteiger partial charge in [0.15, 0.2) is 0 Å². The number of alkyl carbamates (subject to hydrolysis) is 1. The number of ether oxygens (including phenoxy) is 1. The predicted octanol–water partition coefficient (Wildman–Crippen LogP) is 0.849. The second-order valence-electron chi connectivity index (χ2n) is 6.06. The molecular formula is C13H25N3O3. The van der Waals surface area contributed by atoms with Crippen LogP contribution in [-0.4, -0.2) is 47.7 Å². The number of rotatable bonds is 2. The number of amides is 2. The first-order valence-corrected chi connectivity index (χ1v) is 6.73. The Bertz CT molecular complexity index is 337. The largest absolute Gasteiger partial charge is 0.444 e. The number of hydrogen-bond acceptors (Lipinski definition) is 4. The Balaban J connectivity index is 2.47. The van der Waals surface area contributed by atoms with E-state index >= 15 is 0 Å². The van der Waals surface area contributed by atoms with E-state index in [1.807, 2.05) is 20.8 Å². The number of carbonyl (C=O) groups excluding carboxylic acids is 2. The predicted molar refractivity (Wildman–Crippen MR) is 72.6 cm³/mol. The molecule has 1 unspecified atom stereocenters. The van der Waals surface area contributed by atoms with Crippen LogP contribution in [0.2, 0.25) is 0 Å². The molecule has 1 heterocycles. The van der Waals surface area contributed by atoms with Crippen molar-refractivity contribution in [2.45, 2.75) is 58.2 Å². The molecule has 2 atom stereocenters. The molecule has 0 aromatic rings. The molecule has 6 nitrogen and oxygen atoms in total. The Morgan fingerprint density at radius 3 is 2.58 bits per heavy atom. The van der Waals surface area contributed by atoms with Crippen LogP contribution in [0, 0.1) is 0 Å². The minimum Gasteiger partial charge on any atom is -0.444 e. The number of likely N-dealkylation sites (tertiary alicyclic amines) is 1. The fourth-order valence-corrected chi connectivity index (χ4v) is 2.06. The number of nitrogens with one attached hydrogen (secondary N) is 1. The van der Waals surface area contributed by atoms with Crippen LogP contribution in [0.1, 0.15) is 40.5 Å². The Kier molecular flexibility index (Phi) is 5.17. The fourth-order valence-electron chi connectivity index (χ4n) is 2.06. The van der Waals surface area contributed by atoms with Gasteiger partial charge in [0.05, 0.1) is 6.04 Å². The van der Waals surface area contributed by atoms with Gasteiger partial charge in [0.1, 0.15) is 5.60 Å². The molecule has 2 amide bonds. The average Bonchev–Trinajstić information content (AvgIpc) is 2.25. The molecule has 6 heteroatoms. The Morgan fingerprint density at radius 1 is 1.42 bits per heavy atom. The standard InChI is InChI=1S/C13H25N3O3/c1-9(14)11(17)16-7-5-6-10(8-16)15-12(18)19-13(2,3)4/h9-10H,5-8,14H2,1-4H3,(H,15,18)/t9-,10?/m0/s1. The summed E-state index contributed by atoms with van der Waals surface area (Å²) in [5.74, 6) is -0.0734. The molecule has 0 saturated carbocycles. The lowest BCUT2D eigenvalue weighted by molar-refractivity contribution is -0.133. The minimum atomic E-state index is -0.514. The Hall–Kier alpha value is -1.30. The smallest absolute Gasteiger partial charge is 0.407 e. The van der Waals surface area contributed by atoms with Gasteiger partial charge in [-0.2, -0.15) is 0 Å². The molecular weight excluding hydrogens is 246 g/mol. The first-order valence-electron chi connectivity index (χ1n) is 6.73. The minimum absolute atomic E-state index is 0.0636. The molecule has 0 radical (unpaired) electrons. The average molecular weight is 271 g/mol. The van der Waals surface area contributed by atoms with Gasteiger partial charge < -0.3 is 20.7 Å². The molecule has 0 bridgehead atoms. The summed E-state index contributed by atoms with van der Waals surface area (Å²) in [6.45, 7) is 8.33. The molecule has 0 aromatic carbocycles. The van der Waals surface area contributed by atoms with E-state index < -0.39 is 17.7 Å². The lowest BCUT2D eigenvalue weighted by Crippen LogP contribution is -2.53. The van der Waals surface area contributed by atoms with Crippen molar-refractivity contribution >= 4 is 12.0 Å². The zero-order chi connectivity index (χ0) is 14.6. The van der Waals surface area contributed by atoms with Crippen molar-refractivity contribution in [1.82, 2.24) is 10.2 Å². The van der Waals surface area contributed by atoms with E-state index in [0.717, 1.165) is 12.8 Å². The third kappa shape index (κ3) is 5.46. The van der Waals surface area contributed by atoms with Crippen molar-refractivity contribution in [2.75, 3.05) is 13.1 Å². The maximum atomic E-state index is 11.8. The second-order valence-corrected chi connectivity index (χ2v) is 6.06. The van der Waals surface area contributed by atoms with Crippen LogP contribution >= 0.6 is 0 Å². The second kappa shape index (κ2) is 6.23. The number of carbonyl (C=O) groups is 2. The van der Waals surface area contributed by atoms with Gasteiger partial charge in [-0.15, -0.1) is 0 Å². The normalized spacial score (nSPS) is 21.7. The van der Waals surface area contributed by atoms with Crippen LogP contribution in [-0.2, 0) is 9.53 Å². The van der Waals surface area contributed by atoms with Gasteiger partial charge in [0.2, 0.25) is 5.91 Å². The van der Waals surface area contributed by atoms with Crippen molar-refractivity contribution in [3.8, 4) is 0 Å². The van der Waals surface area contributed by atoms with Crippen LogP contribution < -0.4 is 11.1 Å². The van der Waals surface area contributed by atoms with E-state index in [0.29, 0.717) is 13.1 Å². The van der Waals surface area contributed by atoms with Crippen LogP contribution in [0.15, 0.2) is 0 Å². The van der Waals surface area contributed by atoms with Gasteiger partial charge >= 0.3 is 6.09 Å². The molecule has 1 rings (SSSR count). The topological polar surface area (TPSA) is 84.7 Å². The molecule has 0 spiro atoms. The quantitative estimate of drug-likeness (QED) is 0.779. The highest BCUT2D eigenvalue weighted by Crippen LogP contribution is 2.12. The SMILES string of the molecule is C[C@H](N)C(=O)N1CCCC(NC(=O)OC(C)(C)C)C1. The molecule has 1 saturated heterocycles. The van der Waals surface area contributed by atoms with E-state index in [-0.39, 0.29) is 11.9 Å². The third-order valence-electron chi connectivity index (χ3n) is 2.84. The summed E-state index contributed by atoms with van der Waals surface area (Å²) < 4.78 is 5.21. The summed E-state index contributed by atoms with van der Waals surface area (Å²) in [5, 5.41) is 2.80. The van der Waals surface area contributed by atoms with Crippen LogP contribution in [0.5, 0.6) is 0 Å². The van der Waals surface area contributed by atoms with Gasteiger partial charge in [-0.3, -0.25) is 4.79 Å². The number of nitrogens with two attached hydrogens (primary N) is 1. The Labute approximate surface area is 114 Å². The summed E-state index contributed by atoms with van der Waals surface area (Å²) in [6, 6.07) is -0.563. The molecule has 1 fully saturated rings. The van der Waals surface area contributed by atoms with E-state index in [9.17, 15) is 9.59 Å². The molecule has 0 aliphatic carbocycles. The maximum absolute atomic E-state index is 11.8. The lowest BCUT2D eigenvalue weighted by Gasteiger charge is -2.34. The van der Waals surface area contributed by atoms with Gasteiger partial charge in [-0.05, 0) is 40.5 Å². The summed E-state index contributed by atoms with van der Waals surface area (Å²) in [4.78, 5) is 25.2. The zero-order valence-electron chi connectivity index (χ0n) is 12.2. The summed E-state index contributed by atoms with van der Waals surface area (Å²) >= 11 is 0. The fraction of sp³-hybridized carbons (Fsp3) is 0.846. The molecule has 110 valence electrons. The van der Waals surface area contributed by atoms with E-state index in [1.165, 1.54) is 0 Å². The van der Waals surface area contributed by atoms with Crippen molar-refractivity contribution in [3.05, 3.63) is 0 Å². The Morgan fingerprint density at radius 2 is 2.05 bits per heavy atom. The highest BCUT2D eigenvalue weighted by atomic mass is 16.6. The van der Waals surface area contributed by atoms with E-state index in [1.54, 1.807) is 11.8 Å². The van der Waals surface area contributed by atoms with Crippen molar-refractivity contribution in [3.63, 3.8) is 0 Å². The highest BCUT2D eigenvalue weighted by molar-refractivity contribution is 5.81. The summed E-state index contributed by atoms with van der Waals surface area (Å²) in [5.41, 5.74) is 5.08. The van der Waals surface area contributed by atoms with E-state index in [4.69, 9.17) is 10.5 Å². The van der Waals surface area contributed by atoms with Gasteiger partial charge in [-0.25, -0.2) is 4.79 Å². The van der Waals surface area contributed by atoms with E-state index in [2.05, 4.69) is 5.32 Å². The van der Waals surface area contributed by atoms with Crippen molar-refractivity contribution in [1.29, 1.82) is 0 Å². The van der Waals surface area contributed by atoms with Gasteiger partial charge in [0, 0.05) is 19.1 Å². The third-order valence-corrected chi connectivity index (χ3v) is 2.84. The van der Waals surface area contributed by atoms with Crippen molar-refractivity contribution < 1.29 is 14.3 Å². The summed E-state index contributed by atoms with van der Waals surface area (Å²) in [7, 11) is 0. The molecule has 1 aliphatic heterocycles. The van der Waals surface area contributed by atoms with Crippen LogP contribution in [0.25, 0.3) is 0 Å². The first-order chi connectivity index (χ1) is 8.69. The van der Waals surface area contributed by atoms with Gasteiger partial charge in [0.25, 0.3) is 0 Å². The van der Waals surface area contributed by atoms with Gasteiger partial charge in [-0.1, -0.05) is 0 Å². The molecule has 19 heavy (non-hydrogen) atoms. The zero-order valence-corrected chi connectivity index (χ0v) is 12.2. The monoisotopic (exact) mass is 271 g/mol. The molecule has 3 N–H and O–H groups in total. The van der Waals surface area contributed by atoms with Crippen molar-refractivity contribution in [2.24, 2.45) is 5.73 Å². The molecule has 1 aliphatic rings. The number of nitrogens with zero attached hydrogens (tertiary/aromatic N) is 1. The summed E-state index contributed by atoms with van der Waals surface area (Å²) in [6.07, 6.45) is 1.27. The van der Waals surface area contributed by atoms with Crippen LogP contribution in [0.4, 0.5) is 4.79 Å². The lowest BCUT2D eigenvalue weighted by atomic mass is 10.1. The number of hydrogen-bond donors (Lipinski definition) is 2. The number of piperidine rings is 1. The maximum Gasteiger partial charge on any atom is 0.407 e. The first kappa shape index (κ1) is 15.8. The molecule has 0 aromatic heterocycles.